The number of benzene rings is 2. The van der Waals surface area contributed by atoms with Crippen LogP contribution in [0.5, 0.6) is 0 Å². The van der Waals surface area contributed by atoms with E-state index in [1.54, 1.807) is 49.6 Å². The minimum Gasteiger partial charge on any atom is -0.385 e. The maximum absolute atomic E-state index is 13.0. The molecule has 0 aromatic heterocycles. The van der Waals surface area contributed by atoms with Gasteiger partial charge in [-0.1, -0.05) is 41.6 Å². The van der Waals surface area contributed by atoms with E-state index in [4.69, 9.17) is 16.3 Å². The summed E-state index contributed by atoms with van der Waals surface area (Å²) in [6, 6.07) is 14.4. The molecular formula is C21H22ClN3O5S2. The second kappa shape index (κ2) is 11.0. The summed E-state index contributed by atoms with van der Waals surface area (Å²) in [7, 11) is -2.47. The van der Waals surface area contributed by atoms with Crippen molar-refractivity contribution in [3.05, 3.63) is 59.6 Å². The number of methoxy groups -OCH3 is 1. The summed E-state index contributed by atoms with van der Waals surface area (Å²) >= 11 is 6.82. The first-order chi connectivity index (χ1) is 15.3. The van der Waals surface area contributed by atoms with Crippen LogP contribution in [0.15, 0.2) is 63.9 Å². The molecular weight excluding hydrogens is 474 g/mol. The molecule has 3 rings (SSSR count). The van der Waals surface area contributed by atoms with Gasteiger partial charge in [0.2, 0.25) is 11.8 Å². The van der Waals surface area contributed by atoms with Gasteiger partial charge in [0.25, 0.3) is 10.0 Å². The zero-order valence-corrected chi connectivity index (χ0v) is 19.6. The predicted octanol–water partition coefficient (Wildman–Crippen LogP) is 3.39. The van der Waals surface area contributed by atoms with Gasteiger partial charge in [0, 0.05) is 37.4 Å². The quantitative estimate of drug-likeness (QED) is 0.534. The van der Waals surface area contributed by atoms with Crippen molar-refractivity contribution in [1.29, 1.82) is 0 Å². The molecule has 1 atom stereocenters. The first-order valence-electron chi connectivity index (χ1n) is 9.72. The predicted molar refractivity (Wildman–Crippen MR) is 125 cm³/mol. The molecule has 1 saturated heterocycles. The molecule has 0 unspecified atom stereocenters. The molecule has 0 aliphatic carbocycles. The van der Waals surface area contributed by atoms with Crippen LogP contribution in [0.25, 0.3) is 0 Å². The molecule has 1 heterocycles. The molecule has 0 spiro atoms. The van der Waals surface area contributed by atoms with Crippen molar-refractivity contribution < 1.29 is 22.7 Å². The van der Waals surface area contributed by atoms with Crippen molar-refractivity contribution in [1.82, 2.24) is 4.90 Å². The third-order valence-electron chi connectivity index (χ3n) is 4.49. The Hall–Kier alpha value is -2.40. The topological polar surface area (TPSA) is 105 Å². The molecule has 8 nitrogen and oxygen atoms in total. The maximum Gasteiger partial charge on any atom is 0.284 e. The fourth-order valence-electron chi connectivity index (χ4n) is 2.94. The van der Waals surface area contributed by atoms with Gasteiger partial charge in [-0.15, -0.1) is 4.40 Å². The fourth-order valence-corrected chi connectivity index (χ4v) is 5.47. The minimum atomic E-state index is -4.01. The number of sulfonamides is 1. The third kappa shape index (κ3) is 6.32. The highest BCUT2D eigenvalue weighted by Crippen LogP contribution is 2.31. The van der Waals surface area contributed by atoms with Gasteiger partial charge in [0.05, 0.1) is 4.90 Å². The number of carbonyl (C=O) groups excluding carboxylic acids is 2. The van der Waals surface area contributed by atoms with Crippen LogP contribution < -0.4 is 5.32 Å². The van der Waals surface area contributed by atoms with Gasteiger partial charge in [-0.3, -0.25) is 14.5 Å². The number of thioether (sulfide) groups is 1. The van der Waals surface area contributed by atoms with E-state index in [0.717, 1.165) is 11.8 Å². The van der Waals surface area contributed by atoms with Crippen molar-refractivity contribution in [3.8, 4) is 0 Å². The van der Waals surface area contributed by atoms with Gasteiger partial charge in [-0.05, 0) is 42.8 Å². The van der Waals surface area contributed by atoms with E-state index in [1.165, 1.54) is 17.0 Å². The van der Waals surface area contributed by atoms with Gasteiger partial charge < -0.3 is 10.1 Å². The van der Waals surface area contributed by atoms with E-state index in [2.05, 4.69) is 9.71 Å². The first kappa shape index (κ1) is 24.2. The second-order valence-corrected chi connectivity index (χ2v) is 10.1. The molecule has 0 bridgehead atoms. The highest BCUT2D eigenvalue weighted by molar-refractivity contribution is 8.16. The number of anilines is 1. The molecule has 1 fully saturated rings. The van der Waals surface area contributed by atoms with Crippen LogP contribution in [0.1, 0.15) is 12.8 Å². The molecule has 0 radical (unpaired) electrons. The van der Waals surface area contributed by atoms with Crippen molar-refractivity contribution in [3.63, 3.8) is 0 Å². The minimum absolute atomic E-state index is 0.0290. The zero-order chi connectivity index (χ0) is 23.1. The van der Waals surface area contributed by atoms with Gasteiger partial charge >= 0.3 is 0 Å². The summed E-state index contributed by atoms with van der Waals surface area (Å²) in [6.07, 6.45) is 0.369. The van der Waals surface area contributed by atoms with E-state index in [0.29, 0.717) is 23.7 Å². The van der Waals surface area contributed by atoms with Crippen molar-refractivity contribution in [2.45, 2.75) is 23.0 Å². The number of ether oxygens (including phenoxy) is 1. The summed E-state index contributed by atoms with van der Waals surface area (Å²) in [4.78, 5) is 26.8. The van der Waals surface area contributed by atoms with Crippen LogP contribution in [-0.4, -0.2) is 55.8 Å². The van der Waals surface area contributed by atoms with Crippen LogP contribution in [0.4, 0.5) is 5.69 Å². The number of halogens is 1. The third-order valence-corrected chi connectivity index (χ3v) is 7.31. The molecule has 2 amide bonds. The van der Waals surface area contributed by atoms with Gasteiger partial charge in [0.1, 0.15) is 5.25 Å². The number of nitrogens with one attached hydrogen (secondary N) is 1. The highest BCUT2D eigenvalue weighted by Gasteiger charge is 2.40. The van der Waals surface area contributed by atoms with Crippen molar-refractivity contribution in [2.75, 3.05) is 25.6 Å². The van der Waals surface area contributed by atoms with Crippen LogP contribution in [-0.2, 0) is 24.3 Å². The summed E-state index contributed by atoms with van der Waals surface area (Å²) in [5.74, 6) is -0.735. The highest BCUT2D eigenvalue weighted by atomic mass is 35.5. The number of carbonyl (C=O) groups is 2. The molecule has 1 aliphatic rings. The summed E-state index contributed by atoms with van der Waals surface area (Å²) < 4.78 is 34.4. The number of amides is 2. The van der Waals surface area contributed by atoms with E-state index in [9.17, 15) is 18.0 Å². The number of hydrogen-bond acceptors (Lipinski definition) is 6. The molecule has 0 saturated carbocycles. The van der Waals surface area contributed by atoms with Crippen molar-refractivity contribution >= 4 is 56.1 Å². The number of amidine groups is 1. The van der Waals surface area contributed by atoms with Crippen LogP contribution >= 0.6 is 23.4 Å². The van der Waals surface area contributed by atoms with E-state index < -0.39 is 15.3 Å². The van der Waals surface area contributed by atoms with Crippen LogP contribution in [0, 0.1) is 0 Å². The lowest BCUT2D eigenvalue weighted by molar-refractivity contribution is -0.128. The van der Waals surface area contributed by atoms with E-state index in [1.807, 2.05) is 0 Å². The smallest absolute Gasteiger partial charge is 0.284 e. The van der Waals surface area contributed by atoms with Gasteiger partial charge in [0.15, 0.2) is 5.17 Å². The Labute approximate surface area is 196 Å². The fraction of sp³-hybridized carbons (Fsp3) is 0.286. The first-order valence-corrected chi connectivity index (χ1v) is 12.4. The summed E-state index contributed by atoms with van der Waals surface area (Å²) in [5, 5.41) is 2.52. The Bertz CT molecular complexity index is 1090. The molecule has 1 aliphatic heterocycles. The molecule has 2 aromatic rings. The Balaban J connectivity index is 1.77. The molecule has 32 heavy (non-hydrogen) atoms. The summed E-state index contributed by atoms with van der Waals surface area (Å²) in [5.41, 5.74) is 0.548. The Morgan fingerprint density at radius 1 is 1.19 bits per heavy atom. The average molecular weight is 496 g/mol. The van der Waals surface area contributed by atoms with E-state index >= 15 is 0 Å². The number of hydrogen-bond donors (Lipinski definition) is 1. The molecule has 2 aromatic carbocycles. The maximum atomic E-state index is 13.0. The van der Waals surface area contributed by atoms with Crippen LogP contribution in [0.3, 0.4) is 0 Å². The Morgan fingerprint density at radius 3 is 2.53 bits per heavy atom. The monoisotopic (exact) mass is 495 g/mol. The van der Waals surface area contributed by atoms with Gasteiger partial charge in [-0.25, -0.2) is 0 Å². The largest absolute Gasteiger partial charge is 0.385 e. The average Bonchev–Trinajstić information content (AvgIpc) is 3.04. The van der Waals surface area contributed by atoms with Gasteiger partial charge in [-0.2, -0.15) is 8.42 Å². The van der Waals surface area contributed by atoms with Crippen molar-refractivity contribution in [2.24, 2.45) is 4.40 Å². The standard InChI is InChI=1S/C21H22ClN3O5S2/c1-30-13-5-12-25-20(27)18(14-19(26)23-16-10-8-15(22)9-11-16)31-21(25)24-32(28,29)17-6-3-2-4-7-17/h2-4,6-11,18H,5,12-14H2,1H3,(H,23,26)/t18-/m1/s1. The lowest BCUT2D eigenvalue weighted by Gasteiger charge is -2.16. The zero-order valence-electron chi connectivity index (χ0n) is 17.2. The number of rotatable bonds is 9. The SMILES string of the molecule is COCCCN1C(=O)[C@@H](CC(=O)Nc2ccc(Cl)cc2)SC1=NS(=O)(=O)c1ccccc1. The molecule has 11 heteroatoms. The Kier molecular flexibility index (Phi) is 8.30. The normalized spacial score (nSPS) is 17.7. The van der Waals surface area contributed by atoms with Crippen LogP contribution in [0.2, 0.25) is 5.02 Å². The molecule has 1 N–H and O–H groups in total. The second-order valence-electron chi connectivity index (χ2n) is 6.86. The number of nitrogens with zero attached hydrogens (tertiary/aromatic N) is 2. The van der Waals surface area contributed by atoms with E-state index in [-0.39, 0.29) is 34.8 Å². The Morgan fingerprint density at radius 2 is 1.88 bits per heavy atom. The lowest BCUT2D eigenvalue weighted by atomic mass is 10.2. The molecule has 170 valence electrons. The lowest BCUT2D eigenvalue weighted by Crippen LogP contribution is -2.35. The summed E-state index contributed by atoms with van der Waals surface area (Å²) in [6.45, 7) is 0.632.